The monoisotopic (exact) mass is 375 g/mol. The highest BCUT2D eigenvalue weighted by molar-refractivity contribution is 7.90. The van der Waals surface area contributed by atoms with Crippen LogP contribution in [-0.4, -0.2) is 30.8 Å². The number of nitrogens with one attached hydrogen (secondary N) is 2. The van der Waals surface area contributed by atoms with E-state index in [9.17, 15) is 13.2 Å². The lowest BCUT2D eigenvalue weighted by Crippen LogP contribution is -2.27. The third-order valence-corrected chi connectivity index (χ3v) is 6.05. The number of aryl methyl sites for hydroxylation is 2. The molecule has 2 N–H and O–H groups in total. The number of aromatic amines is 1. The Morgan fingerprint density at radius 2 is 1.92 bits per heavy atom. The van der Waals surface area contributed by atoms with Crippen molar-refractivity contribution in [1.29, 1.82) is 0 Å². The van der Waals surface area contributed by atoms with Crippen LogP contribution in [0.5, 0.6) is 0 Å². The van der Waals surface area contributed by atoms with Crippen molar-refractivity contribution >= 4 is 15.7 Å². The number of H-pyrrole nitrogens is 1. The van der Waals surface area contributed by atoms with Crippen LogP contribution in [-0.2, 0) is 33.9 Å². The molecule has 2 aromatic rings. The van der Waals surface area contributed by atoms with Gasteiger partial charge in [-0.2, -0.15) is 5.10 Å². The second kappa shape index (κ2) is 7.61. The first-order chi connectivity index (χ1) is 12.3. The van der Waals surface area contributed by atoms with E-state index in [0.29, 0.717) is 12.8 Å². The van der Waals surface area contributed by atoms with Gasteiger partial charge in [0.25, 0.3) is 0 Å². The van der Waals surface area contributed by atoms with Gasteiger partial charge in [-0.3, -0.25) is 9.89 Å². The number of benzene rings is 1. The fraction of sp³-hybridized carbons (Fsp3) is 0.474. The molecule has 0 fully saturated rings. The van der Waals surface area contributed by atoms with Crippen molar-refractivity contribution in [1.82, 2.24) is 15.5 Å². The zero-order chi connectivity index (χ0) is 18.7. The third-order valence-electron chi connectivity index (χ3n) is 4.92. The first-order valence-electron chi connectivity index (χ1n) is 8.99. The highest BCUT2D eigenvalue weighted by atomic mass is 32.2. The maximum absolute atomic E-state index is 12.3. The maximum Gasteiger partial charge on any atom is 0.220 e. The molecule has 1 unspecified atom stereocenters. The molecule has 3 rings (SSSR count). The second-order valence-corrected chi connectivity index (χ2v) is 8.98. The predicted molar refractivity (Wildman–Crippen MR) is 99.7 cm³/mol. The summed E-state index contributed by atoms with van der Waals surface area (Å²) in [7, 11) is -3.21. The molecule has 0 radical (unpaired) electrons. The minimum atomic E-state index is -3.21. The van der Waals surface area contributed by atoms with E-state index in [1.807, 2.05) is 6.92 Å². The number of aromatic nitrogens is 2. The smallest absolute Gasteiger partial charge is 0.220 e. The van der Waals surface area contributed by atoms with Gasteiger partial charge in [0.05, 0.1) is 16.6 Å². The van der Waals surface area contributed by atoms with E-state index in [4.69, 9.17) is 0 Å². The van der Waals surface area contributed by atoms with Crippen molar-refractivity contribution in [3.05, 3.63) is 46.8 Å². The van der Waals surface area contributed by atoms with Gasteiger partial charge in [-0.1, -0.05) is 12.1 Å². The number of hydrogen-bond acceptors (Lipinski definition) is 4. The Labute approximate surface area is 154 Å². The van der Waals surface area contributed by atoms with Gasteiger partial charge in [-0.25, -0.2) is 8.42 Å². The van der Waals surface area contributed by atoms with Crippen molar-refractivity contribution in [3.63, 3.8) is 0 Å². The molecule has 0 bridgehead atoms. The topological polar surface area (TPSA) is 91.9 Å². The largest absolute Gasteiger partial charge is 0.350 e. The number of carbonyl (C=O) groups is 1. The van der Waals surface area contributed by atoms with Crippen LogP contribution >= 0.6 is 0 Å². The number of carbonyl (C=O) groups excluding carboxylic acids is 1. The Hall–Kier alpha value is -2.15. The summed E-state index contributed by atoms with van der Waals surface area (Å²) in [5.41, 5.74) is 4.42. The number of nitrogens with zero attached hydrogens (tertiary/aromatic N) is 1. The van der Waals surface area contributed by atoms with Crippen molar-refractivity contribution in [2.24, 2.45) is 0 Å². The van der Waals surface area contributed by atoms with Gasteiger partial charge in [-0.15, -0.1) is 0 Å². The highest BCUT2D eigenvalue weighted by Crippen LogP contribution is 2.23. The molecule has 0 saturated carbocycles. The molecular formula is C19H25N3O3S. The molecule has 0 aliphatic heterocycles. The molecule has 1 amide bonds. The predicted octanol–water partition coefficient (Wildman–Crippen LogP) is 2.50. The van der Waals surface area contributed by atoms with Gasteiger partial charge in [0, 0.05) is 24.8 Å². The summed E-state index contributed by atoms with van der Waals surface area (Å²) in [6.07, 6.45) is 6.69. The van der Waals surface area contributed by atoms with Gasteiger partial charge < -0.3 is 5.32 Å². The van der Waals surface area contributed by atoms with Gasteiger partial charge >= 0.3 is 0 Å². The maximum atomic E-state index is 12.3. The van der Waals surface area contributed by atoms with Gasteiger partial charge in [0.15, 0.2) is 9.84 Å². The zero-order valence-electron chi connectivity index (χ0n) is 15.2. The van der Waals surface area contributed by atoms with Crippen LogP contribution in [0.1, 0.15) is 54.7 Å². The number of hydrogen-bond donors (Lipinski definition) is 2. The minimum absolute atomic E-state index is 0.0303. The van der Waals surface area contributed by atoms with E-state index in [1.165, 1.54) is 30.4 Å². The second-order valence-electron chi connectivity index (χ2n) is 6.96. The van der Waals surface area contributed by atoms with Crippen molar-refractivity contribution in [3.8, 4) is 0 Å². The molecular weight excluding hydrogens is 350 g/mol. The molecule has 0 saturated heterocycles. The fourth-order valence-corrected chi connectivity index (χ4v) is 4.02. The van der Waals surface area contributed by atoms with Crippen LogP contribution in [0.2, 0.25) is 0 Å². The molecule has 1 atom stereocenters. The SMILES string of the molecule is CC(NC(=O)CCc1n[nH]c2c1CCCC2)c1ccc(S(C)(=O)=O)cc1. The first kappa shape index (κ1) is 18.6. The van der Waals surface area contributed by atoms with Crippen LogP contribution < -0.4 is 5.32 Å². The molecule has 26 heavy (non-hydrogen) atoms. The van der Waals surface area contributed by atoms with E-state index in [1.54, 1.807) is 24.3 Å². The summed E-state index contributed by atoms with van der Waals surface area (Å²) in [6.45, 7) is 1.89. The summed E-state index contributed by atoms with van der Waals surface area (Å²) in [4.78, 5) is 12.6. The van der Waals surface area contributed by atoms with Gasteiger partial charge in [-0.05, 0) is 55.9 Å². The molecule has 7 heteroatoms. The van der Waals surface area contributed by atoms with Gasteiger partial charge in [0.1, 0.15) is 0 Å². The van der Waals surface area contributed by atoms with E-state index < -0.39 is 9.84 Å². The van der Waals surface area contributed by atoms with Crippen molar-refractivity contribution < 1.29 is 13.2 Å². The quantitative estimate of drug-likeness (QED) is 0.811. The lowest BCUT2D eigenvalue weighted by atomic mass is 9.94. The first-order valence-corrected chi connectivity index (χ1v) is 10.9. The number of rotatable bonds is 6. The van der Waals surface area contributed by atoms with E-state index in [0.717, 1.165) is 24.1 Å². The average Bonchev–Trinajstić information content (AvgIpc) is 3.02. The van der Waals surface area contributed by atoms with Crippen LogP contribution in [0.15, 0.2) is 29.2 Å². The Bertz CT molecular complexity index is 885. The zero-order valence-corrected chi connectivity index (χ0v) is 16.0. The molecule has 140 valence electrons. The summed E-state index contributed by atoms with van der Waals surface area (Å²) in [5.74, 6) is -0.0303. The molecule has 1 aromatic carbocycles. The number of amides is 1. The Morgan fingerprint density at radius 3 is 2.62 bits per heavy atom. The Kier molecular flexibility index (Phi) is 5.46. The van der Waals surface area contributed by atoms with E-state index in [2.05, 4.69) is 15.5 Å². The van der Waals surface area contributed by atoms with E-state index in [-0.39, 0.29) is 16.8 Å². The van der Waals surface area contributed by atoms with Crippen LogP contribution in [0.25, 0.3) is 0 Å². The van der Waals surface area contributed by atoms with E-state index >= 15 is 0 Å². The lowest BCUT2D eigenvalue weighted by molar-refractivity contribution is -0.121. The molecule has 1 aliphatic carbocycles. The van der Waals surface area contributed by atoms with Crippen molar-refractivity contribution in [2.75, 3.05) is 6.26 Å². The fourth-order valence-electron chi connectivity index (χ4n) is 3.39. The lowest BCUT2D eigenvalue weighted by Gasteiger charge is -2.15. The van der Waals surface area contributed by atoms with Gasteiger partial charge in [0.2, 0.25) is 5.91 Å². The van der Waals surface area contributed by atoms with Crippen LogP contribution in [0, 0.1) is 0 Å². The van der Waals surface area contributed by atoms with Crippen LogP contribution in [0.4, 0.5) is 0 Å². The Morgan fingerprint density at radius 1 is 1.23 bits per heavy atom. The summed E-state index contributed by atoms with van der Waals surface area (Å²) >= 11 is 0. The summed E-state index contributed by atoms with van der Waals surface area (Å²) in [6, 6.07) is 6.45. The molecule has 1 heterocycles. The number of sulfone groups is 1. The minimum Gasteiger partial charge on any atom is -0.350 e. The molecule has 1 aliphatic rings. The van der Waals surface area contributed by atoms with Crippen molar-refractivity contribution in [2.45, 2.75) is 56.4 Å². The Balaban J connectivity index is 1.55. The molecule has 0 spiro atoms. The number of fused-ring (bicyclic) bond motifs is 1. The average molecular weight is 375 g/mol. The molecule has 6 nitrogen and oxygen atoms in total. The van der Waals surface area contributed by atoms with Crippen LogP contribution in [0.3, 0.4) is 0 Å². The normalized spacial score (nSPS) is 15.3. The molecule has 1 aromatic heterocycles. The highest BCUT2D eigenvalue weighted by Gasteiger charge is 2.18. The summed E-state index contributed by atoms with van der Waals surface area (Å²) in [5, 5.41) is 10.5. The third kappa shape index (κ3) is 4.33. The summed E-state index contributed by atoms with van der Waals surface area (Å²) < 4.78 is 23.0. The standard InChI is InChI=1S/C19H25N3O3S/c1-13(14-7-9-15(10-8-14)26(2,24)25)20-19(23)12-11-18-16-5-3-4-6-17(16)21-22-18/h7-10,13H,3-6,11-12H2,1-2H3,(H,20,23)(H,21,22).